The van der Waals surface area contributed by atoms with Gasteiger partial charge in [-0.25, -0.2) is 0 Å². The minimum atomic E-state index is -3.43. The third-order valence-electron chi connectivity index (χ3n) is 4.37. The van der Waals surface area contributed by atoms with Gasteiger partial charge >= 0.3 is 10.1 Å². The number of hydrogen-bond donors (Lipinski definition) is 0. The predicted octanol–water partition coefficient (Wildman–Crippen LogP) is 5.21. The highest BCUT2D eigenvalue weighted by Crippen LogP contribution is 2.32. The van der Waals surface area contributed by atoms with E-state index in [1.165, 1.54) is 15.9 Å². The van der Waals surface area contributed by atoms with Crippen molar-refractivity contribution in [1.29, 1.82) is 0 Å². The zero-order valence-corrected chi connectivity index (χ0v) is 20.1. The van der Waals surface area contributed by atoms with Crippen LogP contribution >= 0.6 is 19.5 Å². The first kappa shape index (κ1) is 24.0. The molecule has 6 heteroatoms. The van der Waals surface area contributed by atoms with Gasteiger partial charge in [0.2, 0.25) is 0 Å². The number of halogens is 1. The second-order valence-corrected chi connectivity index (χ2v) is 11.0. The highest BCUT2D eigenvalue weighted by molar-refractivity contribution is 7.86. The lowest BCUT2D eigenvalue weighted by Gasteiger charge is -2.18. The average Bonchev–Trinajstić information content (AvgIpc) is 2.81. The van der Waals surface area contributed by atoms with Gasteiger partial charge in [0.15, 0.2) is 0 Å². The molecule has 0 saturated carbocycles. The molecule has 4 aromatic carbocycles. The second-order valence-electron chi connectivity index (χ2n) is 6.91. The molecule has 0 aliphatic rings. The largest absolute Gasteiger partial charge is 0.383 e. The summed E-state index contributed by atoms with van der Waals surface area (Å²) in [4.78, 5) is 0. The van der Waals surface area contributed by atoms with E-state index in [0.29, 0.717) is 11.6 Å². The summed E-state index contributed by atoms with van der Waals surface area (Å²) in [5.41, 5.74) is 0.919. The number of benzene rings is 4. The number of hydrogen-bond acceptors (Lipinski definition) is 3. The van der Waals surface area contributed by atoms with Crippen molar-refractivity contribution in [2.24, 2.45) is 0 Å². The zero-order chi connectivity index (χ0) is 22.8. The molecule has 0 N–H and O–H groups in total. The Morgan fingerprint density at radius 3 is 1.34 bits per heavy atom. The fourth-order valence-electron chi connectivity index (χ4n) is 2.99. The van der Waals surface area contributed by atoms with E-state index in [-0.39, 0.29) is 0 Å². The number of rotatable bonds is 6. The summed E-state index contributed by atoms with van der Waals surface area (Å²) in [6.45, 7) is 0. The van der Waals surface area contributed by atoms with E-state index < -0.39 is 18.0 Å². The molecule has 3 nitrogen and oxygen atoms in total. The Labute approximate surface area is 196 Å². The summed E-state index contributed by atoms with van der Waals surface area (Å²) in [6.07, 6.45) is 1.00. The van der Waals surface area contributed by atoms with Gasteiger partial charge in [0, 0.05) is 5.88 Å². The van der Waals surface area contributed by atoms with E-state index >= 15 is 0 Å². The maximum atomic E-state index is 10.7. The topological polar surface area (TPSA) is 43.4 Å². The summed E-state index contributed by atoms with van der Waals surface area (Å²) in [7, 11) is -3.88. The first-order valence-electron chi connectivity index (χ1n) is 9.96. The van der Waals surface area contributed by atoms with Crippen LogP contribution in [0.5, 0.6) is 5.75 Å². The molecule has 0 heterocycles. The Morgan fingerprint density at radius 1 is 0.656 bits per heavy atom. The van der Waals surface area contributed by atoms with Gasteiger partial charge in [0.1, 0.15) is 5.75 Å². The van der Waals surface area contributed by atoms with Gasteiger partial charge in [0.05, 0.1) is 6.26 Å². The summed E-state index contributed by atoms with van der Waals surface area (Å²) in [5.74, 6) is 0.704. The Bertz CT molecular complexity index is 1090. The smallest absolute Gasteiger partial charge is 0.306 e. The van der Waals surface area contributed by atoms with E-state index in [4.69, 9.17) is 11.6 Å². The highest BCUT2D eigenvalue weighted by atomic mass is 35.5. The van der Waals surface area contributed by atoms with Gasteiger partial charge in [-0.2, -0.15) is 8.42 Å². The quantitative estimate of drug-likeness (QED) is 0.215. The van der Waals surface area contributed by atoms with Crippen molar-refractivity contribution < 1.29 is 12.6 Å². The molecule has 4 rings (SSSR count). The maximum absolute atomic E-state index is 10.7. The molecule has 32 heavy (non-hydrogen) atoms. The van der Waals surface area contributed by atoms with Crippen LogP contribution in [-0.4, -0.2) is 14.7 Å². The van der Waals surface area contributed by atoms with E-state index in [9.17, 15) is 8.42 Å². The molecular formula is C26H24ClO3PS. The van der Waals surface area contributed by atoms with Crippen molar-refractivity contribution in [3.8, 4) is 5.75 Å². The lowest BCUT2D eigenvalue weighted by Crippen LogP contribution is -2.20. The molecule has 0 bridgehead atoms. The van der Waals surface area contributed by atoms with Crippen LogP contribution in [0.25, 0.3) is 0 Å². The molecule has 0 saturated heterocycles. The third kappa shape index (κ3) is 7.49. The van der Waals surface area contributed by atoms with E-state index in [2.05, 4.69) is 95.2 Å². The molecule has 164 valence electrons. The molecule has 0 unspecified atom stereocenters. The normalized spacial score (nSPS) is 10.8. The van der Waals surface area contributed by atoms with Crippen LogP contribution < -0.4 is 20.1 Å². The van der Waals surface area contributed by atoms with E-state index in [1.54, 1.807) is 24.3 Å². The fourth-order valence-corrected chi connectivity index (χ4v) is 5.93. The Morgan fingerprint density at radius 2 is 1.03 bits per heavy atom. The van der Waals surface area contributed by atoms with Crippen LogP contribution in [0.3, 0.4) is 0 Å². The first-order valence-corrected chi connectivity index (χ1v) is 13.7. The second kappa shape index (κ2) is 11.8. The fraction of sp³-hybridized carbons (Fsp3) is 0.0769. The van der Waals surface area contributed by atoms with Crippen LogP contribution in [0.1, 0.15) is 5.56 Å². The van der Waals surface area contributed by atoms with E-state index in [1.807, 2.05) is 0 Å². The summed E-state index contributed by atoms with van der Waals surface area (Å²) < 4.78 is 26.0. The lowest BCUT2D eigenvalue weighted by molar-refractivity contribution is 0.493. The van der Waals surface area contributed by atoms with Crippen LogP contribution in [0.2, 0.25) is 0 Å². The molecular weight excluding hydrogens is 459 g/mol. The predicted molar refractivity (Wildman–Crippen MR) is 137 cm³/mol. The molecule has 0 aromatic heterocycles. The maximum Gasteiger partial charge on any atom is 0.306 e. The Kier molecular flexibility index (Phi) is 8.87. The van der Waals surface area contributed by atoms with Crippen molar-refractivity contribution in [2.75, 3.05) is 6.26 Å². The molecule has 0 fully saturated rings. The standard InChI is InChI=1S/C18H15P.C8H9ClO3S/c1-4-10-16(11-5-1)19(17-12-6-2-7-13-17)18-14-8-3-9-15-18;1-13(10,11)12-8-4-2-7(6-9)3-5-8/h1-15H;2-5H,6H2,1H3. The SMILES string of the molecule is CS(=O)(=O)Oc1ccc(CCl)cc1.c1ccc(P(c2ccccc2)c2ccccc2)cc1. The van der Waals surface area contributed by atoms with Gasteiger partial charge < -0.3 is 4.18 Å². The van der Waals surface area contributed by atoms with Gasteiger partial charge in [-0.1, -0.05) is 103 Å². The third-order valence-corrected chi connectivity index (χ3v) is 7.62. The molecule has 0 spiro atoms. The van der Waals surface area contributed by atoms with Crippen molar-refractivity contribution >= 4 is 45.6 Å². The average molecular weight is 483 g/mol. The van der Waals surface area contributed by atoms with Crippen molar-refractivity contribution in [2.45, 2.75) is 5.88 Å². The molecule has 0 aliphatic heterocycles. The Balaban J connectivity index is 0.000000195. The van der Waals surface area contributed by atoms with Crippen molar-refractivity contribution in [3.05, 3.63) is 121 Å². The van der Waals surface area contributed by atoms with Gasteiger partial charge in [-0.15, -0.1) is 11.6 Å². The van der Waals surface area contributed by atoms with Crippen molar-refractivity contribution in [3.63, 3.8) is 0 Å². The van der Waals surface area contributed by atoms with Gasteiger partial charge in [-0.05, 0) is 41.5 Å². The molecule has 0 amide bonds. The lowest BCUT2D eigenvalue weighted by atomic mass is 10.2. The molecule has 0 radical (unpaired) electrons. The van der Waals surface area contributed by atoms with Crippen LogP contribution in [0.4, 0.5) is 0 Å². The first-order chi connectivity index (χ1) is 15.5. The van der Waals surface area contributed by atoms with Gasteiger partial charge in [0.25, 0.3) is 0 Å². The molecule has 0 atom stereocenters. The molecule has 0 aliphatic carbocycles. The molecule has 4 aromatic rings. The van der Waals surface area contributed by atoms with E-state index in [0.717, 1.165) is 11.8 Å². The highest BCUT2D eigenvalue weighted by Gasteiger charge is 2.15. The minimum absolute atomic E-state index is 0.302. The summed E-state index contributed by atoms with van der Waals surface area (Å²) in [6, 6.07) is 38.9. The monoisotopic (exact) mass is 482 g/mol. The van der Waals surface area contributed by atoms with Crippen LogP contribution in [-0.2, 0) is 16.0 Å². The van der Waals surface area contributed by atoms with Crippen LogP contribution in [0.15, 0.2) is 115 Å². The van der Waals surface area contributed by atoms with Crippen molar-refractivity contribution in [1.82, 2.24) is 0 Å². The van der Waals surface area contributed by atoms with Gasteiger partial charge in [-0.3, -0.25) is 0 Å². The Hall–Kier alpha value is -2.65. The number of alkyl halides is 1. The summed E-state index contributed by atoms with van der Waals surface area (Å²) >= 11 is 5.55. The zero-order valence-electron chi connectivity index (χ0n) is 17.6. The summed E-state index contributed by atoms with van der Waals surface area (Å²) in [5, 5.41) is 4.19. The van der Waals surface area contributed by atoms with Crippen LogP contribution in [0, 0.1) is 0 Å². The minimum Gasteiger partial charge on any atom is -0.383 e.